The number of aliphatic hydroxyl groups is 2. The maximum atomic E-state index is 10.4. The second-order valence-corrected chi connectivity index (χ2v) is 3.67. The van der Waals surface area contributed by atoms with E-state index in [4.69, 9.17) is 27.5 Å². The third-order valence-electron chi connectivity index (χ3n) is 2.38. The average molecular weight is 259 g/mol. The van der Waals surface area contributed by atoms with Crippen molar-refractivity contribution in [3.05, 3.63) is 0 Å². The van der Waals surface area contributed by atoms with Crippen LogP contribution in [0.4, 0.5) is 0 Å². The first-order valence-electron chi connectivity index (χ1n) is 5.18. The summed E-state index contributed by atoms with van der Waals surface area (Å²) in [4.78, 5) is 15.0. The Labute approximate surface area is 105 Å². The maximum absolute atomic E-state index is 10.4. The number of nitrogens with zero attached hydrogens (tertiary/aromatic N) is 1. The molecule has 1 heterocycles. The molecule has 100 valence electrons. The molecule has 0 aromatic rings. The van der Waals surface area contributed by atoms with Crippen LogP contribution in [0.1, 0.15) is 6.92 Å². The van der Waals surface area contributed by atoms with Gasteiger partial charge in [0.15, 0.2) is 5.71 Å². The lowest BCUT2D eigenvalue weighted by Gasteiger charge is -2.17. The number of carboxylic acids is 1. The van der Waals surface area contributed by atoms with Gasteiger partial charge in [0.25, 0.3) is 0 Å². The number of hydrogen-bond donors (Lipinski definition) is 3. The van der Waals surface area contributed by atoms with Gasteiger partial charge in [-0.25, -0.2) is 4.79 Å². The van der Waals surface area contributed by atoms with Gasteiger partial charge in [0.05, 0.1) is 6.61 Å². The lowest BCUT2D eigenvalue weighted by atomic mass is 9.93. The van der Waals surface area contributed by atoms with Crippen molar-refractivity contribution in [2.24, 2.45) is 5.16 Å². The van der Waals surface area contributed by atoms with E-state index in [0.717, 1.165) is 0 Å². The van der Waals surface area contributed by atoms with Crippen molar-refractivity contribution in [1.82, 2.24) is 0 Å². The van der Waals surface area contributed by atoms with Crippen molar-refractivity contribution in [3.63, 3.8) is 0 Å². The predicted molar refractivity (Wildman–Crippen MR) is 59.1 cm³/mol. The number of aliphatic hydroxyl groups excluding tert-OH is 2. The number of ether oxygens (including phenoxy) is 2. The fraction of sp³-hybridized carbons (Fsp3) is 0.778. The van der Waals surface area contributed by atoms with Gasteiger partial charge in [-0.2, -0.15) is 0 Å². The molecular formula is C9H14BNO7. The molecule has 2 radical (unpaired) electrons. The fourth-order valence-electron chi connectivity index (χ4n) is 1.38. The SMILES string of the molecule is [B][C@@H]1O[C@H](CO)C(O)[C@@H]1OCO/N=C(/C)C(=O)O. The summed E-state index contributed by atoms with van der Waals surface area (Å²) in [5.41, 5.74) is -0.237. The minimum atomic E-state index is -1.21. The number of aliphatic carboxylic acids is 1. The van der Waals surface area contributed by atoms with Crippen molar-refractivity contribution in [1.29, 1.82) is 0 Å². The summed E-state index contributed by atoms with van der Waals surface area (Å²) in [7, 11) is 5.52. The van der Waals surface area contributed by atoms with Gasteiger partial charge in [-0.15, -0.1) is 0 Å². The zero-order valence-electron chi connectivity index (χ0n) is 9.72. The highest BCUT2D eigenvalue weighted by Crippen LogP contribution is 2.21. The van der Waals surface area contributed by atoms with Crippen molar-refractivity contribution in [2.75, 3.05) is 13.4 Å². The molecule has 8 nitrogen and oxygen atoms in total. The molecule has 9 heteroatoms. The van der Waals surface area contributed by atoms with Gasteiger partial charge < -0.3 is 29.6 Å². The fourth-order valence-corrected chi connectivity index (χ4v) is 1.38. The highest BCUT2D eigenvalue weighted by atomic mass is 16.8. The van der Waals surface area contributed by atoms with Gasteiger partial charge in [-0.05, 0) is 6.92 Å². The Balaban J connectivity index is 2.36. The molecule has 4 atom stereocenters. The second kappa shape index (κ2) is 6.69. The van der Waals surface area contributed by atoms with E-state index in [1.54, 1.807) is 0 Å². The van der Waals surface area contributed by atoms with Gasteiger partial charge in [0.1, 0.15) is 26.2 Å². The maximum Gasteiger partial charge on any atom is 0.353 e. The standard InChI is InChI=1S/C9H14BNO7/c1-4(9(14)15)11-17-3-16-7-6(13)5(2-12)18-8(7)10/h5-8,12-13H,2-3H2,1H3,(H,14,15)/b11-4-/t5-,6?,7+,8-/m1/s1. The molecule has 1 unspecified atom stereocenters. The molecule has 0 saturated carbocycles. The molecule has 3 N–H and O–H groups in total. The second-order valence-electron chi connectivity index (χ2n) is 3.67. The molecule has 0 spiro atoms. The molecule has 1 aliphatic heterocycles. The molecule has 1 rings (SSSR count). The smallest absolute Gasteiger partial charge is 0.353 e. The van der Waals surface area contributed by atoms with Crippen LogP contribution in [0.25, 0.3) is 0 Å². The van der Waals surface area contributed by atoms with Gasteiger partial charge >= 0.3 is 5.97 Å². The summed E-state index contributed by atoms with van der Waals surface area (Å²) in [6.45, 7) is 0.483. The third kappa shape index (κ3) is 3.67. The van der Waals surface area contributed by atoms with Crippen LogP contribution in [-0.4, -0.2) is 72.6 Å². The number of carbonyl (C=O) groups is 1. The Bertz CT molecular complexity index is 324. The highest BCUT2D eigenvalue weighted by Gasteiger charge is 2.41. The van der Waals surface area contributed by atoms with E-state index in [2.05, 4.69) is 9.99 Å². The number of oxime groups is 1. The van der Waals surface area contributed by atoms with E-state index in [1.807, 2.05) is 0 Å². The Morgan fingerprint density at radius 2 is 2.22 bits per heavy atom. The Hall–Kier alpha value is -1.16. The minimum absolute atomic E-state index is 0.237. The van der Waals surface area contributed by atoms with E-state index >= 15 is 0 Å². The number of rotatable bonds is 6. The third-order valence-corrected chi connectivity index (χ3v) is 2.38. The van der Waals surface area contributed by atoms with Crippen LogP contribution in [0.2, 0.25) is 0 Å². The quantitative estimate of drug-likeness (QED) is 0.167. The lowest BCUT2D eigenvalue weighted by molar-refractivity contribution is -0.131. The predicted octanol–water partition coefficient (Wildman–Crippen LogP) is -1.95. The number of hydrogen-bond acceptors (Lipinski definition) is 7. The van der Waals surface area contributed by atoms with Gasteiger partial charge in [-0.3, -0.25) is 0 Å². The van der Waals surface area contributed by atoms with Crippen molar-refractivity contribution < 1.29 is 34.4 Å². The van der Waals surface area contributed by atoms with E-state index in [0.29, 0.717) is 0 Å². The summed E-state index contributed by atoms with van der Waals surface area (Å²) in [5.74, 6) is -1.21. The molecule has 18 heavy (non-hydrogen) atoms. The zero-order chi connectivity index (χ0) is 13.7. The molecule has 0 aromatic carbocycles. The van der Waals surface area contributed by atoms with Gasteiger partial charge in [-0.1, -0.05) is 5.16 Å². The highest BCUT2D eigenvalue weighted by molar-refractivity contribution is 6.34. The summed E-state index contributed by atoms with van der Waals surface area (Å²) >= 11 is 0. The topological polar surface area (TPSA) is 118 Å². The molecule has 1 aliphatic rings. The van der Waals surface area contributed by atoms with Crippen molar-refractivity contribution in [2.45, 2.75) is 31.2 Å². The molecule has 0 aliphatic carbocycles. The first-order valence-corrected chi connectivity index (χ1v) is 5.18. The lowest BCUT2D eigenvalue weighted by Crippen LogP contribution is -2.36. The van der Waals surface area contributed by atoms with E-state index in [1.165, 1.54) is 6.92 Å². The summed E-state index contributed by atoms with van der Waals surface area (Å²) < 4.78 is 10.1. The first kappa shape index (κ1) is 14.9. The molecule has 0 aromatic heterocycles. The molecule has 1 fully saturated rings. The summed E-state index contributed by atoms with van der Waals surface area (Å²) in [5, 5.41) is 30.2. The van der Waals surface area contributed by atoms with E-state index in [-0.39, 0.29) is 19.1 Å². The van der Waals surface area contributed by atoms with E-state index < -0.39 is 30.3 Å². The van der Waals surface area contributed by atoms with E-state index in [9.17, 15) is 9.90 Å². The minimum Gasteiger partial charge on any atom is -0.477 e. The molecule has 1 saturated heterocycles. The zero-order valence-corrected chi connectivity index (χ0v) is 9.72. The molecule has 0 amide bonds. The van der Waals surface area contributed by atoms with Gasteiger partial charge in [0.2, 0.25) is 6.79 Å². The largest absolute Gasteiger partial charge is 0.477 e. The van der Waals surface area contributed by atoms with Crippen molar-refractivity contribution >= 4 is 19.5 Å². The van der Waals surface area contributed by atoms with Crippen molar-refractivity contribution in [3.8, 4) is 0 Å². The van der Waals surface area contributed by atoms with Crippen LogP contribution in [0, 0.1) is 0 Å². The first-order chi connectivity index (χ1) is 8.47. The van der Waals surface area contributed by atoms with Crippen LogP contribution >= 0.6 is 0 Å². The number of carboxylic acid groups (broad SMARTS) is 1. The van der Waals surface area contributed by atoms with Crippen LogP contribution in [0.3, 0.4) is 0 Å². The monoisotopic (exact) mass is 259 g/mol. The Morgan fingerprint density at radius 3 is 2.72 bits per heavy atom. The molecular weight excluding hydrogens is 245 g/mol. The summed E-state index contributed by atoms with van der Waals surface area (Å²) in [6, 6.07) is -0.898. The van der Waals surface area contributed by atoms with Crippen LogP contribution in [-0.2, 0) is 19.1 Å². The van der Waals surface area contributed by atoms with Crippen LogP contribution in [0.5, 0.6) is 0 Å². The van der Waals surface area contributed by atoms with Crippen LogP contribution in [0.15, 0.2) is 5.16 Å². The normalized spacial score (nSPS) is 32.5. The Morgan fingerprint density at radius 1 is 1.56 bits per heavy atom. The average Bonchev–Trinajstić information content (AvgIpc) is 2.60. The van der Waals surface area contributed by atoms with Crippen LogP contribution < -0.4 is 0 Å². The van der Waals surface area contributed by atoms with Gasteiger partial charge in [0, 0.05) is 6.00 Å². The molecule has 0 bridgehead atoms. The summed E-state index contributed by atoms with van der Waals surface area (Å²) in [6.07, 6.45) is -2.77. The Kier molecular flexibility index (Phi) is 5.54.